The second kappa shape index (κ2) is 11.8. The van der Waals surface area contributed by atoms with Gasteiger partial charge in [-0.25, -0.2) is 8.42 Å². The van der Waals surface area contributed by atoms with Gasteiger partial charge < -0.3 is 19.5 Å². The van der Waals surface area contributed by atoms with Crippen LogP contribution in [0.5, 0.6) is 17.2 Å². The molecule has 0 heterocycles. The predicted octanol–water partition coefficient (Wildman–Crippen LogP) is 4.23. The largest absolute Gasteiger partial charge is 0.494 e. The molecule has 0 unspecified atom stereocenters. The van der Waals surface area contributed by atoms with Gasteiger partial charge in [0.15, 0.2) is 11.5 Å². The summed E-state index contributed by atoms with van der Waals surface area (Å²) in [5.74, 6) is 0.941. The summed E-state index contributed by atoms with van der Waals surface area (Å²) >= 11 is 0. The number of ether oxygens (including phenoxy) is 3. The molecule has 1 N–H and O–H groups in total. The van der Waals surface area contributed by atoms with Gasteiger partial charge in [0.25, 0.3) is 10.0 Å². The summed E-state index contributed by atoms with van der Waals surface area (Å²) in [7, 11) is -1.21. The molecule has 9 heteroatoms. The van der Waals surface area contributed by atoms with Crippen molar-refractivity contribution in [2.24, 2.45) is 0 Å². The predicted molar refractivity (Wildman–Crippen MR) is 139 cm³/mol. The highest BCUT2D eigenvalue weighted by atomic mass is 32.2. The number of hydrogen-bond donors (Lipinski definition) is 1. The minimum atomic E-state index is -4.12. The van der Waals surface area contributed by atoms with Gasteiger partial charge in [-0.3, -0.25) is 9.10 Å². The Morgan fingerprint density at radius 1 is 0.917 bits per heavy atom. The van der Waals surface area contributed by atoms with Gasteiger partial charge in [-0.1, -0.05) is 18.2 Å². The van der Waals surface area contributed by atoms with Gasteiger partial charge in [0.2, 0.25) is 5.91 Å². The van der Waals surface area contributed by atoms with E-state index in [-0.39, 0.29) is 17.2 Å². The van der Waals surface area contributed by atoms with E-state index in [1.807, 2.05) is 51.1 Å². The number of nitrogens with one attached hydrogen (secondary N) is 1. The van der Waals surface area contributed by atoms with Crippen LogP contribution in [-0.4, -0.2) is 41.7 Å². The first-order chi connectivity index (χ1) is 17.2. The van der Waals surface area contributed by atoms with E-state index in [4.69, 9.17) is 14.2 Å². The highest BCUT2D eigenvalue weighted by Crippen LogP contribution is 2.32. The molecule has 0 radical (unpaired) electrons. The second-order valence-electron chi connectivity index (χ2n) is 8.23. The van der Waals surface area contributed by atoms with Crippen LogP contribution in [0, 0.1) is 13.8 Å². The maximum absolute atomic E-state index is 13.8. The van der Waals surface area contributed by atoms with Crippen LogP contribution in [0.2, 0.25) is 0 Å². The maximum atomic E-state index is 13.8. The Morgan fingerprint density at radius 2 is 1.61 bits per heavy atom. The van der Waals surface area contributed by atoms with Crippen molar-refractivity contribution in [3.63, 3.8) is 0 Å². The van der Waals surface area contributed by atoms with E-state index in [2.05, 4.69) is 5.32 Å². The molecular weight excluding hydrogens is 480 g/mol. The fraction of sp³-hybridized carbons (Fsp3) is 0.296. The van der Waals surface area contributed by atoms with Crippen LogP contribution in [0.25, 0.3) is 0 Å². The number of carbonyl (C=O) groups is 1. The van der Waals surface area contributed by atoms with E-state index in [0.717, 1.165) is 21.0 Å². The van der Waals surface area contributed by atoms with Gasteiger partial charge >= 0.3 is 0 Å². The van der Waals surface area contributed by atoms with E-state index in [1.54, 1.807) is 12.1 Å². The Hall–Kier alpha value is -3.72. The molecule has 0 fully saturated rings. The Morgan fingerprint density at radius 3 is 2.25 bits per heavy atom. The van der Waals surface area contributed by atoms with Crippen LogP contribution >= 0.6 is 0 Å². The van der Waals surface area contributed by atoms with Crippen LogP contribution in [0.4, 0.5) is 5.69 Å². The molecule has 0 spiro atoms. The third kappa shape index (κ3) is 6.48. The third-order valence-electron chi connectivity index (χ3n) is 5.42. The lowest BCUT2D eigenvalue weighted by molar-refractivity contribution is -0.119. The number of sulfonamides is 1. The smallest absolute Gasteiger partial charge is 0.264 e. The van der Waals surface area contributed by atoms with E-state index < -0.39 is 22.5 Å². The molecule has 0 atom stereocenters. The molecule has 0 aliphatic heterocycles. The molecule has 0 aromatic heterocycles. The number of aryl methyl sites for hydroxylation is 2. The van der Waals surface area contributed by atoms with Gasteiger partial charge in [0.05, 0.1) is 31.4 Å². The van der Waals surface area contributed by atoms with Crippen molar-refractivity contribution in [2.75, 3.05) is 31.7 Å². The maximum Gasteiger partial charge on any atom is 0.264 e. The zero-order valence-electron chi connectivity index (χ0n) is 21.2. The van der Waals surface area contributed by atoms with Crippen LogP contribution in [0.1, 0.15) is 23.6 Å². The zero-order chi connectivity index (χ0) is 26.3. The summed E-state index contributed by atoms with van der Waals surface area (Å²) in [6, 6.07) is 17.2. The third-order valence-corrected chi connectivity index (χ3v) is 7.19. The van der Waals surface area contributed by atoms with Gasteiger partial charge in [0, 0.05) is 12.6 Å². The molecule has 0 bridgehead atoms. The fourth-order valence-corrected chi connectivity index (χ4v) is 5.23. The van der Waals surface area contributed by atoms with Gasteiger partial charge in [-0.05, 0) is 73.9 Å². The fourth-order valence-electron chi connectivity index (χ4n) is 3.81. The van der Waals surface area contributed by atoms with Crippen molar-refractivity contribution < 1.29 is 27.4 Å². The number of hydrogen-bond acceptors (Lipinski definition) is 6. The summed E-state index contributed by atoms with van der Waals surface area (Å²) in [4.78, 5) is 13.0. The zero-order valence-corrected chi connectivity index (χ0v) is 22.0. The quantitative estimate of drug-likeness (QED) is 0.413. The van der Waals surface area contributed by atoms with Gasteiger partial charge in [-0.15, -0.1) is 0 Å². The molecule has 0 saturated heterocycles. The molecule has 0 saturated carbocycles. The van der Waals surface area contributed by atoms with Crippen LogP contribution < -0.4 is 23.8 Å². The van der Waals surface area contributed by atoms with Crippen molar-refractivity contribution in [3.8, 4) is 17.2 Å². The SMILES string of the molecule is CCOc1cccc(CNC(=O)CN(c2cc(C)cc(C)c2)S(=O)(=O)c2ccc(OC)c(OC)c2)c1. The number of rotatable bonds is 11. The summed E-state index contributed by atoms with van der Waals surface area (Å²) in [5, 5.41) is 2.82. The van der Waals surface area contributed by atoms with Crippen LogP contribution in [0.15, 0.2) is 65.6 Å². The molecule has 8 nitrogen and oxygen atoms in total. The van der Waals surface area contributed by atoms with E-state index in [1.165, 1.54) is 32.4 Å². The molecule has 0 aliphatic carbocycles. The van der Waals surface area contributed by atoms with Crippen molar-refractivity contribution in [3.05, 3.63) is 77.4 Å². The summed E-state index contributed by atoms with van der Waals surface area (Å²) in [6.45, 7) is 6.03. The molecular formula is C27H32N2O6S. The lowest BCUT2D eigenvalue weighted by Crippen LogP contribution is -2.40. The second-order valence-corrected chi connectivity index (χ2v) is 10.1. The van der Waals surface area contributed by atoms with E-state index >= 15 is 0 Å². The average Bonchev–Trinajstić information content (AvgIpc) is 2.85. The number of benzene rings is 3. The molecule has 3 rings (SSSR count). The molecule has 1 amide bonds. The highest BCUT2D eigenvalue weighted by molar-refractivity contribution is 7.92. The van der Waals surface area contributed by atoms with E-state index in [9.17, 15) is 13.2 Å². The first kappa shape index (κ1) is 26.9. The summed E-state index contributed by atoms with van der Waals surface area (Å²) < 4.78 is 44.7. The summed E-state index contributed by atoms with van der Waals surface area (Å²) in [6.07, 6.45) is 0. The standard InChI is InChI=1S/C27H32N2O6S/c1-6-35-23-9-7-8-21(15-23)17-28-27(30)18-29(22-13-19(2)12-20(3)14-22)36(31,32)24-10-11-25(33-4)26(16-24)34-5/h7-16H,6,17-18H2,1-5H3,(H,28,30). The molecule has 3 aromatic carbocycles. The topological polar surface area (TPSA) is 94.2 Å². The minimum absolute atomic E-state index is 0.0171. The first-order valence-corrected chi connectivity index (χ1v) is 12.9. The Labute approximate surface area is 212 Å². The Bertz CT molecular complexity index is 1300. The Kier molecular flexibility index (Phi) is 8.82. The number of methoxy groups -OCH3 is 2. The van der Waals surface area contributed by atoms with Crippen molar-refractivity contribution in [2.45, 2.75) is 32.2 Å². The highest BCUT2D eigenvalue weighted by Gasteiger charge is 2.28. The number of amides is 1. The normalized spacial score (nSPS) is 11.0. The molecule has 192 valence electrons. The minimum Gasteiger partial charge on any atom is -0.494 e. The van der Waals surface area contributed by atoms with Crippen LogP contribution in [-0.2, 0) is 21.4 Å². The number of nitrogens with zero attached hydrogens (tertiary/aromatic N) is 1. The number of carbonyl (C=O) groups excluding carboxylic acids is 1. The monoisotopic (exact) mass is 512 g/mol. The Balaban J connectivity index is 1.91. The van der Waals surface area contributed by atoms with Crippen molar-refractivity contribution in [1.82, 2.24) is 5.32 Å². The van der Waals surface area contributed by atoms with E-state index in [0.29, 0.717) is 23.8 Å². The van der Waals surface area contributed by atoms with Crippen LogP contribution in [0.3, 0.4) is 0 Å². The van der Waals surface area contributed by atoms with Gasteiger partial charge in [-0.2, -0.15) is 0 Å². The molecule has 3 aromatic rings. The van der Waals surface area contributed by atoms with Crippen molar-refractivity contribution in [1.29, 1.82) is 0 Å². The van der Waals surface area contributed by atoms with Gasteiger partial charge in [0.1, 0.15) is 12.3 Å². The lowest BCUT2D eigenvalue weighted by atomic mass is 10.1. The molecule has 36 heavy (non-hydrogen) atoms. The first-order valence-electron chi connectivity index (χ1n) is 11.5. The molecule has 0 aliphatic rings. The average molecular weight is 513 g/mol. The number of anilines is 1. The summed E-state index contributed by atoms with van der Waals surface area (Å²) in [5.41, 5.74) is 3.00. The van der Waals surface area contributed by atoms with Crippen molar-refractivity contribution >= 4 is 21.6 Å². The lowest BCUT2D eigenvalue weighted by Gasteiger charge is -2.25.